The summed E-state index contributed by atoms with van der Waals surface area (Å²) in [5, 5.41) is 9.38. The highest BCUT2D eigenvalue weighted by Gasteiger charge is 2.08. The molecule has 8 heteroatoms. The van der Waals surface area contributed by atoms with Crippen molar-refractivity contribution in [2.45, 2.75) is 26.9 Å². The van der Waals surface area contributed by atoms with Crippen molar-refractivity contribution in [3.63, 3.8) is 0 Å². The highest BCUT2D eigenvalue weighted by molar-refractivity contribution is 14.0. The molecule has 0 fully saturated rings. The molecule has 164 valence electrons. The van der Waals surface area contributed by atoms with Gasteiger partial charge in [0.05, 0.1) is 12.2 Å². The SMILES string of the molecule is CN=C(NCc1ccc(NC(=O)C(C)C)cc1)NCc1coc(-c2ccccc2)n1.I. The van der Waals surface area contributed by atoms with Crippen LogP contribution in [0.25, 0.3) is 11.5 Å². The number of hydrogen-bond donors (Lipinski definition) is 3. The van der Waals surface area contributed by atoms with E-state index in [9.17, 15) is 4.79 Å². The third kappa shape index (κ3) is 7.39. The third-order valence-electron chi connectivity index (χ3n) is 4.44. The monoisotopic (exact) mass is 533 g/mol. The number of aromatic nitrogens is 1. The Morgan fingerprint density at radius 2 is 1.71 bits per heavy atom. The first-order valence-corrected chi connectivity index (χ1v) is 9.89. The summed E-state index contributed by atoms with van der Waals surface area (Å²) >= 11 is 0. The topological polar surface area (TPSA) is 91.5 Å². The number of carbonyl (C=O) groups excluding carboxylic acids is 1. The summed E-state index contributed by atoms with van der Waals surface area (Å²) in [5.41, 5.74) is 3.61. The van der Waals surface area contributed by atoms with Gasteiger partial charge in [-0.1, -0.05) is 44.2 Å². The summed E-state index contributed by atoms with van der Waals surface area (Å²) < 4.78 is 5.56. The van der Waals surface area contributed by atoms with Gasteiger partial charge in [-0.05, 0) is 29.8 Å². The van der Waals surface area contributed by atoms with Crippen LogP contribution in [0.15, 0.2) is 70.3 Å². The first kappa shape index (κ1) is 24.4. The molecular formula is C23H28IN5O2. The molecule has 3 aromatic rings. The van der Waals surface area contributed by atoms with Crippen LogP contribution in [-0.2, 0) is 17.9 Å². The van der Waals surface area contributed by atoms with Gasteiger partial charge >= 0.3 is 0 Å². The molecule has 0 aliphatic rings. The van der Waals surface area contributed by atoms with Crippen molar-refractivity contribution in [1.82, 2.24) is 15.6 Å². The lowest BCUT2D eigenvalue weighted by atomic mass is 10.1. The zero-order chi connectivity index (χ0) is 21.3. The van der Waals surface area contributed by atoms with E-state index < -0.39 is 0 Å². The summed E-state index contributed by atoms with van der Waals surface area (Å²) in [5.74, 6) is 1.22. The van der Waals surface area contributed by atoms with Crippen molar-refractivity contribution in [2.75, 3.05) is 12.4 Å². The number of aliphatic imine (C=N–C) groups is 1. The zero-order valence-electron chi connectivity index (χ0n) is 17.9. The molecule has 3 N–H and O–H groups in total. The number of nitrogens with zero attached hydrogens (tertiary/aromatic N) is 2. The fourth-order valence-electron chi connectivity index (χ4n) is 2.67. The standard InChI is InChI=1S/C23H27N5O2.HI/c1-16(2)21(29)27-19-11-9-17(10-12-19)13-25-23(24-3)26-14-20-15-30-22(28-20)18-7-5-4-6-8-18;/h4-12,15-16H,13-14H2,1-3H3,(H,27,29)(H2,24,25,26);1H. The van der Waals surface area contributed by atoms with E-state index >= 15 is 0 Å². The number of oxazole rings is 1. The molecule has 1 heterocycles. The Kier molecular flexibility index (Phi) is 9.51. The number of rotatable bonds is 7. The van der Waals surface area contributed by atoms with Crippen LogP contribution in [0.3, 0.4) is 0 Å². The van der Waals surface area contributed by atoms with Crippen LogP contribution >= 0.6 is 24.0 Å². The fraction of sp³-hybridized carbons (Fsp3) is 0.261. The number of guanidine groups is 1. The Balaban J connectivity index is 0.00000341. The highest BCUT2D eigenvalue weighted by atomic mass is 127. The van der Waals surface area contributed by atoms with Crippen LogP contribution in [0.5, 0.6) is 0 Å². The quantitative estimate of drug-likeness (QED) is 0.238. The molecule has 2 aromatic carbocycles. The average Bonchev–Trinajstić information content (AvgIpc) is 3.24. The minimum Gasteiger partial charge on any atom is -0.444 e. The highest BCUT2D eigenvalue weighted by Crippen LogP contribution is 2.17. The Hall–Kier alpha value is -2.88. The molecule has 0 radical (unpaired) electrons. The second kappa shape index (κ2) is 12.1. The summed E-state index contributed by atoms with van der Waals surface area (Å²) in [6.07, 6.45) is 1.65. The van der Waals surface area contributed by atoms with Crippen molar-refractivity contribution in [2.24, 2.45) is 10.9 Å². The van der Waals surface area contributed by atoms with E-state index in [1.165, 1.54) is 0 Å². The van der Waals surface area contributed by atoms with E-state index in [2.05, 4.69) is 25.9 Å². The minimum absolute atomic E-state index is 0. The molecule has 0 unspecified atom stereocenters. The van der Waals surface area contributed by atoms with Gasteiger partial charge in [-0.25, -0.2) is 4.98 Å². The molecule has 0 saturated heterocycles. The first-order chi connectivity index (χ1) is 14.5. The number of carbonyl (C=O) groups is 1. The number of benzene rings is 2. The Bertz CT molecular complexity index is 985. The maximum atomic E-state index is 11.8. The van der Waals surface area contributed by atoms with Crippen molar-refractivity contribution < 1.29 is 9.21 Å². The van der Waals surface area contributed by atoms with Gasteiger partial charge in [-0.15, -0.1) is 24.0 Å². The van der Waals surface area contributed by atoms with Crippen LogP contribution in [-0.4, -0.2) is 23.9 Å². The molecule has 0 saturated carbocycles. The van der Waals surface area contributed by atoms with E-state index in [1.54, 1.807) is 13.3 Å². The van der Waals surface area contributed by atoms with Crippen LogP contribution < -0.4 is 16.0 Å². The average molecular weight is 533 g/mol. The van der Waals surface area contributed by atoms with E-state index in [4.69, 9.17) is 4.42 Å². The minimum atomic E-state index is -0.0470. The van der Waals surface area contributed by atoms with Gasteiger partial charge in [0.2, 0.25) is 11.8 Å². The molecule has 1 aromatic heterocycles. The lowest BCUT2D eigenvalue weighted by molar-refractivity contribution is -0.118. The van der Waals surface area contributed by atoms with Crippen LogP contribution in [0.2, 0.25) is 0 Å². The smallest absolute Gasteiger partial charge is 0.226 e. The van der Waals surface area contributed by atoms with Gasteiger partial charge in [-0.3, -0.25) is 9.79 Å². The predicted molar refractivity (Wildman–Crippen MR) is 134 cm³/mol. The van der Waals surface area contributed by atoms with E-state index in [1.807, 2.05) is 68.4 Å². The number of halogens is 1. The van der Waals surface area contributed by atoms with Crippen molar-refractivity contribution in [1.29, 1.82) is 0 Å². The Labute approximate surface area is 199 Å². The predicted octanol–water partition coefficient (Wildman–Crippen LogP) is 4.42. The molecular weight excluding hydrogens is 505 g/mol. The molecule has 0 bridgehead atoms. The van der Waals surface area contributed by atoms with Gasteiger partial charge in [0.15, 0.2) is 5.96 Å². The largest absolute Gasteiger partial charge is 0.444 e. The molecule has 0 aliphatic heterocycles. The lowest BCUT2D eigenvalue weighted by Gasteiger charge is -2.12. The van der Waals surface area contributed by atoms with Crippen LogP contribution in [0, 0.1) is 5.92 Å². The fourth-order valence-corrected chi connectivity index (χ4v) is 2.67. The number of hydrogen-bond acceptors (Lipinski definition) is 4. The summed E-state index contributed by atoms with van der Waals surface area (Å²) in [6.45, 7) is 4.84. The normalized spacial score (nSPS) is 11.0. The Morgan fingerprint density at radius 1 is 1.03 bits per heavy atom. The zero-order valence-corrected chi connectivity index (χ0v) is 20.2. The number of nitrogens with one attached hydrogen (secondary N) is 3. The number of anilines is 1. The molecule has 3 rings (SSSR count). The molecule has 0 spiro atoms. The van der Waals surface area contributed by atoms with Gasteiger partial charge in [0.25, 0.3) is 0 Å². The van der Waals surface area contributed by atoms with Gasteiger partial charge in [-0.2, -0.15) is 0 Å². The molecule has 1 amide bonds. The van der Waals surface area contributed by atoms with Crippen molar-refractivity contribution >= 4 is 41.5 Å². The molecule has 0 atom stereocenters. The maximum Gasteiger partial charge on any atom is 0.226 e. The van der Waals surface area contributed by atoms with Gasteiger partial charge in [0, 0.05) is 30.8 Å². The van der Waals surface area contributed by atoms with E-state index in [0.717, 1.165) is 22.5 Å². The van der Waals surface area contributed by atoms with Crippen molar-refractivity contribution in [3.8, 4) is 11.5 Å². The molecule has 31 heavy (non-hydrogen) atoms. The summed E-state index contributed by atoms with van der Waals surface area (Å²) in [6, 6.07) is 17.5. The third-order valence-corrected chi connectivity index (χ3v) is 4.44. The molecule has 7 nitrogen and oxygen atoms in total. The Morgan fingerprint density at radius 3 is 2.35 bits per heavy atom. The summed E-state index contributed by atoms with van der Waals surface area (Å²) in [4.78, 5) is 20.5. The van der Waals surface area contributed by atoms with Crippen LogP contribution in [0.4, 0.5) is 5.69 Å². The second-order valence-electron chi connectivity index (χ2n) is 7.13. The maximum absolute atomic E-state index is 11.8. The lowest BCUT2D eigenvalue weighted by Crippen LogP contribution is -2.36. The second-order valence-corrected chi connectivity index (χ2v) is 7.13. The van der Waals surface area contributed by atoms with Gasteiger partial charge < -0.3 is 20.4 Å². The van der Waals surface area contributed by atoms with Crippen molar-refractivity contribution in [3.05, 3.63) is 72.1 Å². The van der Waals surface area contributed by atoms with Crippen LogP contribution in [0.1, 0.15) is 25.1 Å². The van der Waals surface area contributed by atoms with Gasteiger partial charge in [0.1, 0.15) is 6.26 Å². The molecule has 0 aliphatic carbocycles. The van der Waals surface area contributed by atoms with E-state index in [-0.39, 0.29) is 35.8 Å². The summed E-state index contributed by atoms with van der Waals surface area (Å²) in [7, 11) is 1.72. The number of amides is 1. The first-order valence-electron chi connectivity index (χ1n) is 9.89. The van der Waals surface area contributed by atoms with E-state index in [0.29, 0.717) is 24.9 Å².